The van der Waals surface area contributed by atoms with E-state index in [0.29, 0.717) is 0 Å². The van der Waals surface area contributed by atoms with Gasteiger partial charge >= 0.3 is 0 Å². The lowest BCUT2D eigenvalue weighted by Crippen LogP contribution is -2.16. The summed E-state index contributed by atoms with van der Waals surface area (Å²) >= 11 is 0. The molecule has 1 aromatic heterocycles. The molecule has 1 aliphatic rings. The Balaban J connectivity index is 1.83. The molecule has 1 heterocycles. The van der Waals surface area contributed by atoms with Crippen molar-refractivity contribution in [3.05, 3.63) is 36.0 Å². The minimum Gasteiger partial charge on any atom is -0.347 e. The van der Waals surface area contributed by atoms with Crippen molar-refractivity contribution in [2.24, 2.45) is 5.92 Å². The Hall–Kier alpha value is -1.28. The van der Waals surface area contributed by atoms with Crippen LogP contribution in [0.15, 0.2) is 30.5 Å². The molecule has 108 valence electrons. The van der Waals surface area contributed by atoms with Crippen molar-refractivity contribution in [2.75, 3.05) is 0 Å². The van der Waals surface area contributed by atoms with Crippen LogP contribution in [-0.2, 0) is 13.1 Å². The van der Waals surface area contributed by atoms with Gasteiger partial charge in [0.05, 0.1) is 5.52 Å². The van der Waals surface area contributed by atoms with Crippen molar-refractivity contribution < 1.29 is 0 Å². The van der Waals surface area contributed by atoms with Crippen molar-refractivity contribution in [1.82, 2.24) is 9.88 Å². The lowest BCUT2D eigenvalue weighted by atomic mass is 10.1. The summed E-state index contributed by atoms with van der Waals surface area (Å²) in [6.07, 6.45) is 7.55. The highest BCUT2D eigenvalue weighted by Crippen LogP contribution is 2.24. The standard InChI is InChI=1S/C18H26N2/c1-3-5-14(2)13-20-11-10-15-6-4-7-16(18(15)20)12-19-17-8-9-17/h4,6-7,10-11,14,17,19H,3,5,8-9,12-13H2,1-2H3. The number of nitrogens with one attached hydrogen (secondary N) is 1. The van der Waals surface area contributed by atoms with E-state index in [0.717, 1.165) is 25.0 Å². The van der Waals surface area contributed by atoms with Gasteiger partial charge in [0, 0.05) is 25.3 Å². The number of hydrogen-bond acceptors (Lipinski definition) is 1. The average molecular weight is 270 g/mol. The summed E-state index contributed by atoms with van der Waals surface area (Å²) in [6.45, 7) is 6.78. The molecule has 2 aromatic rings. The molecule has 1 saturated carbocycles. The van der Waals surface area contributed by atoms with E-state index in [1.54, 1.807) is 0 Å². The molecule has 0 bridgehead atoms. The smallest absolute Gasteiger partial charge is 0.0525 e. The third-order valence-corrected chi connectivity index (χ3v) is 4.32. The summed E-state index contributed by atoms with van der Waals surface area (Å²) < 4.78 is 2.46. The summed E-state index contributed by atoms with van der Waals surface area (Å²) in [5.41, 5.74) is 2.88. The van der Waals surface area contributed by atoms with Gasteiger partial charge in [0.25, 0.3) is 0 Å². The second kappa shape index (κ2) is 6.01. The topological polar surface area (TPSA) is 17.0 Å². The zero-order valence-electron chi connectivity index (χ0n) is 12.7. The molecule has 0 amide bonds. The van der Waals surface area contributed by atoms with Gasteiger partial charge in [-0.1, -0.05) is 38.5 Å². The predicted molar refractivity (Wildman–Crippen MR) is 85.9 cm³/mol. The maximum Gasteiger partial charge on any atom is 0.0525 e. The molecular formula is C18H26N2. The first kappa shape index (κ1) is 13.7. The van der Waals surface area contributed by atoms with Gasteiger partial charge in [-0.15, -0.1) is 0 Å². The molecule has 1 N–H and O–H groups in total. The highest BCUT2D eigenvalue weighted by atomic mass is 15.0. The van der Waals surface area contributed by atoms with Crippen molar-refractivity contribution in [3.63, 3.8) is 0 Å². The van der Waals surface area contributed by atoms with Crippen molar-refractivity contribution in [2.45, 2.75) is 58.7 Å². The molecule has 3 rings (SSSR count). The van der Waals surface area contributed by atoms with Gasteiger partial charge in [0.2, 0.25) is 0 Å². The second-order valence-electron chi connectivity index (χ2n) is 6.37. The van der Waals surface area contributed by atoms with Gasteiger partial charge in [-0.3, -0.25) is 0 Å². The summed E-state index contributed by atoms with van der Waals surface area (Å²) in [6, 6.07) is 9.73. The van der Waals surface area contributed by atoms with Crippen LogP contribution in [0.4, 0.5) is 0 Å². The van der Waals surface area contributed by atoms with Crippen LogP contribution < -0.4 is 5.32 Å². The van der Waals surface area contributed by atoms with Crippen LogP contribution in [0.25, 0.3) is 10.9 Å². The first-order chi connectivity index (χ1) is 9.78. The highest BCUT2D eigenvalue weighted by molar-refractivity contribution is 5.83. The number of hydrogen-bond donors (Lipinski definition) is 1. The number of fused-ring (bicyclic) bond motifs is 1. The van der Waals surface area contributed by atoms with E-state index in [9.17, 15) is 0 Å². The fraction of sp³-hybridized carbons (Fsp3) is 0.556. The Morgan fingerprint density at radius 2 is 2.15 bits per heavy atom. The fourth-order valence-electron chi connectivity index (χ4n) is 3.10. The Labute approximate surface area is 122 Å². The van der Waals surface area contributed by atoms with Crippen LogP contribution in [0.2, 0.25) is 0 Å². The van der Waals surface area contributed by atoms with Crippen LogP contribution in [0.3, 0.4) is 0 Å². The fourth-order valence-corrected chi connectivity index (χ4v) is 3.10. The van der Waals surface area contributed by atoms with Crippen LogP contribution in [-0.4, -0.2) is 10.6 Å². The first-order valence-electron chi connectivity index (χ1n) is 8.08. The molecule has 1 aromatic carbocycles. The van der Waals surface area contributed by atoms with E-state index in [1.807, 2.05) is 0 Å². The molecule has 1 aliphatic carbocycles. The molecule has 0 spiro atoms. The second-order valence-corrected chi connectivity index (χ2v) is 6.37. The van der Waals surface area contributed by atoms with E-state index in [4.69, 9.17) is 0 Å². The van der Waals surface area contributed by atoms with Gasteiger partial charge in [-0.25, -0.2) is 0 Å². The number of benzene rings is 1. The minimum absolute atomic E-state index is 0.750. The predicted octanol–water partition coefficient (Wildman–Crippen LogP) is 4.33. The molecule has 1 unspecified atom stereocenters. The van der Waals surface area contributed by atoms with Crippen molar-refractivity contribution in [3.8, 4) is 0 Å². The molecule has 1 atom stereocenters. The SMILES string of the molecule is CCCC(C)Cn1ccc2cccc(CNC3CC3)c21. The van der Waals surface area contributed by atoms with Crippen LogP contribution in [0.5, 0.6) is 0 Å². The molecular weight excluding hydrogens is 244 g/mol. The third-order valence-electron chi connectivity index (χ3n) is 4.32. The minimum atomic E-state index is 0.750. The quantitative estimate of drug-likeness (QED) is 0.792. The van der Waals surface area contributed by atoms with E-state index < -0.39 is 0 Å². The molecule has 0 saturated heterocycles. The van der Waals surface area contributed by atoms with Gasteiger partial charge < -0.3 is 9.88 Å². The largest absolute Gasteiger partial charge is 0.347 e. The Bertz CT molecular complexity index is 566. The van der Waals surface area contributed by atoms with E-state index in [1.165, 1.54) is 42.1 Å². The molecule has 20 heavy (non-hydrogen) atoms. The number of aromatic nitrogens is 1. The van der Waals surface area contributed by atoms with Crippen molar-refractivity contribution in [1.29, 1.82) is 0 Å². The summed E-state index contributed by atoms with van der Waals surface area (Å²) in [5.74, 6) is 0.750. The van der Waals surface area contributed by atoms with E-state index in [2.05, 4.69) is 54.2 Å². The van der Waals surface area contributed by atoms with Gasteiger partial charge in [0.1, 0.15) is 0 Å². The molecule has 1 fully saturated rings. The Morgan fingerprint density at radius 3 is 2.90 bits per heavy atom. The Kier molecular flexibility index (Phi) is 4.11. The van der Waals surface area contributed by atoms with Crippen LogP contribution in [0, 0.1) is 5.92 Å². The summed E-state index contributed by atoms with van der Waals surface area (Å²) in [4.78, 5) is 0. The lowest BCUT2D eigenvalue weighted by Gasteiger charge is -2.15. The van der Waals surface area contributed by atoms with Crippen molar-refractivity contribution >= 4 is 10.9 Å². The maximum absolute atomic E-state index is 3.65. The highest BCUT2D eigenvalue weighted by Gasteiger charge is 2.20. The number of para-hydroxylation sites is 1. The van der Waals surface area contributed by atoms with Crippen LogP contribution >= 0.6 is 0 Å². The monoisotopic (exact) mass is 270 g/mol. The van der Waals surface area contributed by atoms with E-state index >= 15 is 0 Å². The Morgan fingerprint density at radius 1 is 1.30 bits per heavy atom. The molecule has 2 heteroatoms. The third kappa shape index (κ3) is 3.06. The number of rotatable bonds is 7. The lowest BCUT2D eigenvalue weighted by molar-refractivity contribution is 0.453. The summed E-state index contributed by atoms with van der Waals surface area (Å²) in [7, 11) is 0. The van der Waals surface area contributed by atoms with Gasteiger partial charge in [0.15, 0.2) is 0 Å². The van der Waals surface area contributed by atoms with Crippen LogP contribution in [0.1, 0.15) is 45.1 Å². The molecule has 0 radical (unpaired) electrons. The summed E-state index contributed by atoms with van der Waals surface area (Å²) in [5, 5.41) is 5.03. The molecule has 2 nitrogen and oxygen atoms in total. The van der Waals surface area contributed by atoms with Gasteiger partial charge in [-0.2, -0.15) is 0 Å². The number of nitrogens with zero attached hydrogens (tertiary/aromatic N) is 1. The van der Waals surface area contributed by atoms with Gasteiger partial charge in [-0.05, 0) is 42.2 Å². The van der Waals surface area contributed by atoms with E-state index in [-0.39, 0.29) is 0 Å². The molecule has 0 aliphatic heterocycles. The normalized spacial score (nSPS) is 16.7. The maximum atomic E-state index is 3.65. The first-order valence-corrected chi connectivity index (χ1v) is 8.08. The zero-order chi connectivity index (χ0) is 13.9. The average Bonchev–Trinajstić information content (AvgIpc) is 3.18. The zero-order valence-corrected chi connectivity index (χ0v) is 12.7.